The molecule has 0 fully saturated rings. The van der Waals surface area contributed by atoms with Gasteiger partial charge >= 0.3 is 0 Å². The Bertz CT molecular complexity index is 552. The van der Waals surface area contributed by atoms with Gasteiger partial charge in [0.1, 0.15) is 0 Å². The number of halogens is 1. The molecule has 0 bridgehead atoms. The molecule has 0 aromatic heterocycles. The molecule has 0 amide bonds. The molecule has 2 nitrogen and oxygen atoms in total. The highest BCUT2D eigenvalue weighted by Gasteiger charge is 2.15. The third kappa shape index (κ3) is 2.85. The van der Waals surface area contributed by atoms with Crippen molar-refractivity contribution in [1.82, 2.24) is 0 Å². The van der Waals surface area contributed by atoms with Crippen LogP contribution < -0.4 is 10.6 Å². The first-order valence-corrected chi connectivity index (χ1v) is 6.95. The van der Waals surface area contributed by atoms with E-state index >= 15 is 0 Å². The van der Waals surface area contributed by atoms with Crippen molar-refractivity contribution < 1.29 is 0 Å². The summed E-state index contributed by atoms with van der Waals surface area (Å²) in [5, 5.41) is 0.711. The van der Waals surface area contributed by atoms with Crippen LogP contribution in [0.3, 0.4) is 0 Å². The van der Waals surface area contributed by atoms with Crippen LogP contribution in [0.15, 0.2) is 42.5 Å². The molecule has 0 aliphatic carbocycles. The molecule has 0 atom stereocenters. The smallest absolute Gasteiger partial charge is 0.0666 e. The maximum absolute atomic E-state index is 6.42. The number of benzene rings is 2. The van der Waals surface area contributed by atoms with Crippen LogP contribution in [0.2, 0.25) is 5.02 Å². The van der Waals surface area contributed by atoms with Crippen LogP contribution in [0.25, 0.3) is 0 Å². The summed E-state index contributed by atoms with van der Waals surface area (Å²) < 4.78 is 0. The van der Waals surface area contributed by atoms with Crippen LogP contribution in [0.4, 0.5) is 17.1 Å². The summed E-state index contributed by atoms with van der Waals surface area (Å²) in [5.74, 6) is 0. The van der Waals surface area contributed by atoms with Gasteiger partial charge in [-0.3, -0.25) is 0 Å². The number of nitrogens with two attached hydrogens (primary N) is 1. The molecule has 0 saturated carbocycles. The van der Waals surface area contributed by atoms with Crippen molar-refractivity contribution in [2.45, 2.75) is 20.3 Å². The molecule has 19 heavy (non-hydrogen) atoms. The van der Waals surface area contributed by atoms with Crippen molar-refractivity contribution in [2.24, 2.45) is 0 Å². The fraction of sp³-hybridized carbons (Fsp3) is 0.250. The average molecular weight is 275 g/mol. The number of hydrogen-bond donors (Lipinski definition) is 1. The molecular weight excluding hydrogens is 256 g/mol. The predicted octanol–water partition coefficient (Wildman–Crippen LogP) is 4.64. The Morgan fingerprint density at radius 1 is 1.11 bits per heavy atom. The van der Waals surface area contributed by atoms with Crippen molar-refractivity contribution in [3.05, 3.63) is 53.1 Å². The van der Waals surface area contributed by atoms with E-state index in [2.05, 4.69) is 30.9 Å². The third-order valence-electron chi connectivity index (χ3n) is 3.20. The summed E-state index contributed by atoms with van der Waals surface area (Å²) in [7, 11) is 0. The van der Waals surface area contributed by atoms with Gasteiger partial charge in [-0.05, 0) is 43.2 Å². The maximum atomic E-state index is 6.42. The monoisotopic (exact) mass is 274 g/mol. The Morgan fingerprint density at radius 3 is 2.37 bits per heavy atom. The van der Waals surface area contributed by atoms with E-state index in [0.29, 0.717) is 5.02 Å². The first-order valence-electron chi connectivity index (χ1n) is 6.57. The largest absolute Gasteiger partial charge is 0.399 e. The van der Waals surface area contributed by atoms with Gasteiger partial charge in [-0.1, -0.05) is 36.7 Å². The molecule has 2 N–H and O–H groups in total. The minimum atomic E-state index is 0.711. The van der Waals surface area contributed by atoms with Gasteiger partial charge in [-0.2, -0.15) is 0 Å². The first kappa shape index (κ1) is 13.8. The summed E-state index contributed by atoms with van der Waals surface area (Å²) in [6, 6.07) is 14.1. The fourth-order valence-corrected chi connectivity index (χ4v) is 2.68. The fourth-order valence-electron chi connectivity index (χ4n) is 2.33. The lowest BCUT2D eigenvalue weighted by molar-refractivity contribution is 0.997. The highest BCUT2D eigenvalue weighted by Crippen LogP contribution is 2.36. The van der Waals surface area contributed by atoms with E-state index in [4.69, 9.17) is 17.3 Å². The molecule has 0 saturated heterocycles. The quantitative estimate of drug-likeness (QED) is 0.823. The maximum Gasteiger partial charge on any atom is 0.0666 e. The van der Waals surface area contributed by atoms with Crippen molar-refractivity contribution in [3.63, 3.8) is 0 Å². The Balaban J connectivity index is 2.55. The average Bonchev–Trinajstić information content (AvgIpc) is 2.42. The van der Waals surface area contributed by atoms with E-state index in [1.807, 2.05) is 30.3 Å². The van der Waals surface area contributed by atoms with Crippen molar-refractivity contribution in [3.8, 4) is 0 Å². The number of para-hydroxylation sites is 1. The molecule has 2 aromatic rings. The van der Waals surface area contributed by atoms with E-state index < -0.39 is 0 Å². The van der Waals surface area contributed by atoms with Gasteiger partial charge in [0.25, 0.3) is 0 Å². The van der Waals surface area contributed by atoms with Crippen LogP contribution in [0, 0.1) is 0 Å². The number of nitrogens with zero attached hydrogens (tertiary/aromatic N) is 1. The normalized spacial score (nSPS) is 10.5. The molecule has 100 valence electrons. The first-order chi connectivity index (χ1) is 9.17. The van der Waals surface area contributed by atoms with Crippen molar-refractivity contribution >= 4 is 28.7 Å². The topological polar surface area (TPSA) is 29.3 Å². The summed E-state index contributed by atoms with van der Waals surface area (Å²) in [4.78, 5) is 2.22. The zero-order chi connectivity index (χ0) is 13.8. The molecule has 2 aromatic carbocycles. The third-order valence-corrected chi connectivity index (χ3v) is 3.49. The minimum Gasteiger partial charge on any atom is -0.399 e. The SMILES string of the molecule is CCc1cc(N)cc(Cl)c1N(CC)c1ccccc1. The second-order valence-electron chi connectivity index (χ2n) is 4.44. The molecule has 0 aliphatic heterocycles. The number of anilines is 3. The van der Waals surface area contributed by atoms with Gasteiger partial charge in [0.05, 0.1) is 10.7 Å². The number of nitrogen functional groups attached to an aromatic ring is 1. The van der Waals surface area contributed by atoms with E-state index in [1.54, 1.807) is 0 Å². The van der Waals surface area contributed by atoms with Gasteiger partial charge in [0, 0.05) is 17.9 Å². The molecule has 3 heteroatoms. The molecule has 0 aliphatic rings. The summed E-state index contributed by atoms with van der Waals surface area (Å²) in [6.45, 7) is 5.10. The summed E-state index contributed by atoms with van der Waals surface area (Å²) in [6.07, 6.45) is 0.906. The van der Waals surface area contributed by atoms with E-state index in [-0.39, 0.29) is 0 Å². The van der Waals surface area contributed by atoms with E-state index in [9.17, 15) is 0 Å². The highest BCUT2D eigenvalue weighted by atomic mass is 35.5. The summed E-state index contributed by atoms with van der Waals surface area (Å²) in [5.41, 5.74) is 9.98. The predicted molar refractivity (Wildman–Crippen MR) is 84.4 cm³/mol. The van der Waals surface area contributed by atoms with Gasteiger partial charge in [0.2, 0.25) is 0 Å². The Morgan fingerprint density at radius 2 is 1.79 bits per heavy atom. The second kappa shape index (κ2) is 5.98. The van der Waals surface area contributed by atoms with Crippen LogP contribution >= 0.6 is 11.6 Å². The molecule has 2 rings (SSSR count). The molecule has 0 radical (unpaired) electrons. The van der Waals surface area contributed by atoms with Gasteiger partial charge in [-0.25, -0.2) is 0 Å². The Hall–Kier alpha value is -1.67. The summed E-state index contributed by atoms with van der Waals surface area (Å²) >= 11 is 6.42. The van der Waals surface area contributed by atoms with Crippen LogP contribution in [0.5, 0.6) is 0 Å². The molecule has 0 heterocycles. The molecule has 0 spiro atoms. The standard InChI is InChI=1S/C16H19ClN2/c1-3-12-10-13(18)11-15(17)16(12)19(4-2)14-8-6-5-7-9-14/h5-11H,3-4,18H2,1-2H3. The Labute approximate surface area is 119 Å². The zero-order valence-corrected chi connectivity index (χ0v) is 12.1. The van der Waals surface area contributed by atoms with Crippen LogP contribution in [0.1, 0.15) is 19.4 Å². The number of hydrogen-bond acceptors (Lipinski definition) is 2. The van der Waals surface area contributed by atoms with Gasteiger partial charge < -0.3 is 10.6 Å². The van der Waals surface area contributed by atoms with Gasteiger partial charge in [-0.15, -0.1) is 0 Å². The molecular formula is C16H19ClN2. The molecule has 0 unspecified atom stereocenters. The second-order valence-corrected chi connectivity index (χ2v) is 4.85. The van der Waals surface area contributed by atoms with Crippen molar-refractivity contribution in [1.29, 1.82) is 0 Å². The minimum absolute atomic E-state index is 0.711. The van der Waals surface area contributed by atoms with Gasteiger partial charge in [0.15, 0.2) is 0 Å². The highest BCUT2D eigenvalue weighted by molar-refractivity contribution is 6.34. The lowest BCUT2D eigenvalue weighted by atomic mass is 10.1. The van der Waals surface area contributed by atoms with E-state index in [0.717, 1.165) is 30.0 Å². The van der Waals surface area contributed by atoms with Crippen molar-refractivity contribution in [2.75, 3.05) is 17.2 Å². The van der Waals surface area contributed by atoms with Crippen LogP contribution in [-0.4, -0.2) is 6.54 Å². The lowest BCUT2D eigenvalue weighted by Crippen LogP contribution is -2.18. The number of rotatable bonds is 4. The zero-order valence-electron chi connectivity index (χ0n) is 11.4. The van der Waals surface area contributed by atoms with Crippen LogP contribution in [-0.2, 0) is 6.42 Å². The number of aryl methyl sites for hydroxylation is 1. The van der Waals surface area contributed by atoms with E-state index in [1.165, 1.54) is 5.56 Å². The Kier molecular flexibility index (Phi) is 4.33. The lowest BCUT2D eigenvalue weighted by Gasteiger charge is -2.27.